The lowest BCUT2D eigenvalue weighted by molar-refractivity contribution is -0.141. The van der Waals surface area contributed by atoms with Gasteiger partial charge in [-0.1, -0.05) is 35.1 Å². The Kier molecular flexibility index (Phi) is 4.84. The molecule has 1 aromatic carbocycles. The van der Waals surface area contributed by atoms with E-state index in [-0.39, 0.29) is 12.5 Å². The summed E-state index contributed by atoms with van der Waals surface area (Å²) in [6, 6.07) is 9.12. The molecule has 0 spiro atoms. The van der Waals surface area contributed by atoms with Gasteiger partial charge in [0.05, 0.1) is 26.5 Å². The zero-order valence-electron chi connectivity index (χ0n) is 12.9. The standard InChI is InChI=1S/C16H13ClN2O3S2/c1-9-4-3-5-10-14(9)19(8-13(20)22-2)16(24-10)18-15(21)11-6-7-12(17)23-11/h3-7H,8H2,1-2H3. The summed E-state index contributed by atoms with van der Waals surface area (Å²) in [5.41, 5.74) is 1.88. The van der Waals surface area contributed by atoms with Gasteiger partial charge in [-0.2, -0.15) is 4.99 Å². The van der Waals surface area contributed by atoms with Gasteiger partial charge in [0, 0.05) is 0 Å². The minimum atomic E-state index is -0.397. The fourth-order valence-corrected chi connectivity index (χ4v) is 4.34. The number of halogens is 1. The van der Waals surface area contributed by atoms with E-state index in [1.807, 2.05) is 25.1 Å². The summed E-state index contributed by atoms with van der Waals surface area (Å²) in [7, 11) is 1.33. The van der Waals surface area contributed by atoms with Crippen LogP contribution in [0, 0.1) is 6.92 Å². The first-order valence-electron chi connectivity index (χ1n) is 7.00. The first-order chi connectivity index (χ1) is 11.5. The van der Waals surface area contributed by atoms with Gasteiger partial charge in [0.15, 0.2) is 4.80 Å². The number of para-hydroxylation sites is 1. The van der Waals surface area contributed by atoms with Crippen LogP contribution < -0.4 is 4.80 Å². The van der Waals surface area contributed by atoms with Crippen molar-refractivity contribution in [1.82, 2.24) is 4.57 Å². The third-order valence-corrected chi connectivity index (χ3v) is 5.66. The van der Waals surface area contributed by atoms with Crippen LogP contribution in [-0.4, -0.2) is 23.6 Å². The number of aromatic nitrogens is 1. The Hall–Kier alpha value is -1.96. The van der Waals surface area contributed by atoms with Crippen molar-refractivity contribution in [2.75, 3.05) is 7.11 Å². The lowest BCUT2D eigenvalue weighted by atomic mass is 10.2. The normalized spacial score (nSPS) is 11.9. The second kappa shape index (κ2) is 6.88. The fourth-order valence-electron chi connectivity index (χ4n) is 2.30. The molecule has 0 unspecified atom stereocenters. The number of benzene rings is 1. The average molecular weight is 381 g/mol. The summed E-state index contributed by atoms with van der Waals surface area (Å²) < 4.78 is 7.96. The molecule has 0 atom stereocenters. The van der Waals surface area contributed by atoms with Gasteiger partial charge >= 0.3 is 5.97 Å². The van der Waals surface area contributed by atoms with Gasteiger partial charge in [-0.25, -0.2) is 0 Å². The van der Waals surface area contributed by atoms with E-state index in [1.54, 1.807) is 16.7 Å². The van der Waals surface area contributed by atoms with Crippen molar-refractivity contribution in [1.29, 1.82) is 0 Å². The van der Waals surface area contributed by atoms with E-state index in [0.717, 1.165) is 15.8 Å². The molecule has 0 fully saturated rings. The van der Waals surface area contributed by atoms with E-state index in [4.69, 9.17) is 16.3 Å². The van der Waals surface area contributed by atoms with Crippen LogP contribution in [0.2, 0.25) is 4.34 Å². The van der Waals surface area contributed by atoms with Gasteiger partial charge in [-0.05, 0) is 30.7 Å². The predicted molar refractivity (Wildman–Crippen MR) is 95.8 cm³/mol. The molecular formula is C16H13ClN2O3S2. The zero-order chi connectivity index (χ0) is 17.3. The van der Waals surface area contributed by atoms with E-state index in [2.05, 4.69) is 4.99 Å². The molecular weight excluding hydrogens is 368 g/mol. The smallest absolute Gasteiger partial charge is 0.325 e. The number of hydrogen-bond donors (Lipinski definition) is 0. The van der Waals surface area contributed by atoms with Crippen molar-refractivity contribution >= 4 is 56.4 Å². The maximum atomic E-state index is 12.4. The molecule has 5 nitrogen and oxygen atoms in total. The van der Waals surface area contributed by atoms with Crippen molar-refractivity contribution in [2.45, 2.75) is 13.5 Å². The van der Waals surface area contributed by atoms with Crippen LogP contribution >= 0.6 is 34.3 Å². The summed E-state index contributed by atoms with van der Waals surface area (Å²) in [6.07, 6.45) is 0. The number of ether oxygens (including phenoxy) is 1. The molecule has 0 aliphatic carbocycles. The quantitative estimate of drug-likeness (QED) is 0.652. The number of thiophene rings is 1. The highest BCUT2D eigenvalue weighted by molar-refractivity contribution is 7.18. The zero-order valence-corrected chi connectivity index (χ0v) is 15.3. The summed E-state index contributed by atoms with van der Waals surface area (Å²) >= 11 is 8.41. The molecule has 0 N–H and O–H groups in total. The van der Waals surface area contributed by atoms with Gasteiger partial charge in [-0.3, -0.25) is 9.59 Å². The van der Waals surface area contributed by atoms with E-state index in [1.165, 1.54) is 29.8 Å². The molecule has 0 radical (unpaired) electrons. The molecule has 1 amide bonds. The molecule has 0 saturated heterocycles. The number of aryl methyl sites for hydroxylation is 1. The first kappa shape index (κ1) is 16.9. The Bertz CT molecular complexity index is 1000. The van der Waals surface area contributed by atoms with Gasteiger partial charge in [0.1, 0.15) is 6.54 Å². The van der Waals surface area contributed by atoms with Crippen LogP contribution in [0.15, 0.2) is 35.3 Å². The molecule has 0 saturated carbocycles. The summed E-state index contributed by atoms with van der Waals surface area (Å²) in [5, 5.41) is 0. The minimum Gasteiger partial charge on any atom is -0.468 e. The summed E-state index contributed by atoms with van der Waals surface area (Å²) in [5.74, 6) is -0.777. The van der Waals surface area contributed by atoms with Gasteiger partial charge in [0.2, 0.25) is 0 Å². The van der Waals surface area contributed by atoms with Crippen LogP contribution in [-0.2, 0) is 16.1 Å². The Balaban J connectivity index is 2.17. The molecule has 0 aliphatic heterocycles. The number of rotatable bonds is 3. The van der Waals surface area contributed by atoms with Crippen molar-refractivity contribution in [3.8, 4) is 0 Å². The van der Waals surface area contributed by atoms with Gasteiger partial charge in [0.25, 0.3) is 5.91 Å². The lowest BCUT2D eigenvalue weighted by Crippen LogP contribution is -2.22. The van der Waals surface area contributed by atoms with Crippen LogP contribution in [0.3, 0.4) is 0 Å². The van der Waals surface area contributed by atoms with Gasteiger partial charge in [-0.15, -0.1) is 11.3 Å². The van der Waals surface area contributed by atoms with Crippen LogP contribution in [0.25, 0.3) is 10.2 Å². The molecule has 3 aromatic rings. The SMILES string of the molecule is COC(=O)Cn1c(=NC(=O)c2ccc(Cl)s2)sc2cccc(C)c21. The predicted octanol–water partition coefficient (Wildman–Crippen LogP) is 3.64. The van der Waals surface area contributed by atoms with Crippen molar-refractivity contribution < 1.29 is 14.3 Å². The number of nitrogens with zero attached hydrogens (tertiary/aromatic N) is 2. The monoisotopic (exact) mass is 380 g/mol. The second-order valence-electron chi connectivity index (χ2n) is 4.99. The number of hydrogen-bond acceptors (Lipinski definition) is 5. The first-order valence-corrected chi connectivity index (χ1v) is 9.01. The number of fused-ring (bicyclic) bond motifs is 1. The number of amides is 1. The molecule has 8 heteroatoms. The highest BCUT2D eigenvalue weighted by Gasteiger charge is 2.14. The highest BCUT2D eigenvalue weighted by Crippen LogP contribution is 2.23. The number of carbonyl (C=O) groups is 2. The Morgan fingerprint density at radius 3 is 2.71 bits per heavy atom. The lowest BCUT2D eigenvalue weighted by Gasteiger charge is -2.05. The highest BCUT2D eigenvalue weighted by atomic mass is 35.5. The van der Waals surface area contributed by atoms with Crippen LogP contribution in [0.1, 0.15) is 15.2 Å². The molecule has 24 heavy (non-hydrogen) atoms. The Morgan fingerprint density at radius 2 is 2.04 bits per heavy atom. The Morgan fingerprint density at radius 1 is 1.25 bits per heavy atom. The number of carbonyl (C=O) groups excluding carboxylic acids is 2. The summed E-state index contributed by atoms with van der Waals surface area (Å²) in [4.78, 5) is 29.2. The molecule has 3 rings (SSSR count). The number of thiazole rings is 1. The third-order valence-electron chi connectivity index (χ3n) is 3.40. The largest absolute Gasteiger partial charge is 0.468 e. The van der Waals surface area contributed by atoms with Gasteiger partial charge < -0.3 is 9.30 Å². The van der Waals surface area contributed by atoms with E-state index in [9.17, 15) is 9.59 Å². The third kappa shape index (κ3) is 3.28. The van der Waals surface area contributed by atoms with E-state index in [0.29, 0.717) is 14.0 Å². The average Bonchev–Trinajstić information content (AvgIpc) is 3.12. The minimum absolute atomic E-state index is 0.00133. The molecule has 0 aliphatic rings. The molecule has 2 aromatic heterocycles. The van der Waals surface area contributed by atoms with Crippen molar-refractivity contribution in [3.05, 3.63) is 49.9 Å². The topological polar surface area (TPSA) is 60.7 Å². The summed E-state index contributed by atoms with van der Waals surface area (Å²) in [6.45, 7) is 1.95. The van der Waals surface area contributed by atoms with Crippen molar-refractivity contribution in [3.63, 3.8) is 0 Å². The van der Waals surface area contributed by atoms with Crippen LogP contribution in [0.5, 0.6) is 0 Å². The molecule has 124 valence electrons. The molecule has 2 heterocycles. The maximum Gasteiger partial charge on any atom is 0.325 e. The maximum absolute atomic E-state index is 12.4. The van der Waals surface area contributed by atoms with Crippen LogP contribution in [0.4, 0.5) is 0 Å². The number of esters is 1. The van der Waals surface area contributed by atoms with E-state index < -0.39 is 5.97 Å². The van der Waals surface area contributed by atoms with Crippen molar-refractivity contribution in [2.24, 2.45) is 4.99 Å². The second-order valence-corrected chi connectivity index (χ2v) is 7.71. The fraction of sp³-hybridized carbons (Fsp3) is 0.188. The number of methoxy groups -OCH3 is 1. The van der Waals surface area contributed by atoms with E-state index >= 15 is 0 Å². The Labute approximate surface area is 150 Å². The molecule has 0 bridgehead atoms.